The second-order valence-corrected chi connectivity index (χ2v) is 6.64. The van der Waals surface area contributed by atoms with Gasteiger partial charge in [-0.3, -0.25) is 14.3 Å². The van der Waals surface area contributed by atoms with Crippen LogP contribution in [0.1, 0.15) is 19.9 Å². The number of hydrogen-bond donors (Lipinski definition) is 1. The Morgan fingerprint density at radius 3 is 2.24 bits per heavy atom. The van der Waals surface area contributed by atoms with E-state index in [1.54, 1.807) is 4.98 Å². The predicted molar refractivity (Wildman–Crippen MR) is 74.7 cm³/mol. The molecule has 0 fully saturated rings. The number of benzene rings is 1. The highest BCUT2D eigenvalue weighted by Crippen LogP contribution is 2.34. The van der Waals surface area contributed by atoms with Gasteiger partial charge in [0.2, 0.25) is 11.6 Å². The third kappa shape index (κ3) is 3.10. The molecule has 0 saturated carbocycles. The molecule has 1 aromatic carbocycles. The van der Waals surface area contributed by atoms with Crippen molar-refractivity contribution >= 4 is 21.0 Å². The average molecular weight is 388 g/mol. The molecule has 0 aliphatic heterocycles. The summed E-state index contributed by atoms with van der Waals surface area (Å²) in [7, 11) is -6.38. The number of hydrogen-bond acceptors (Lipinski definition) is 5. The summed E-state index contributed by atoms with van der Waals surface area (Å²) in [6.07, 6.45) is 0. The van der Waals surface area contributed by atoms with E-state index in [4.69, 9.17) is 0 Å². The van der Waals surface area contributed by atoms with Gasteiger partial charge in [-0.15, -0.1) is 0 Å². The minimum atomic E-state index is -6.38. The Morgan fingerprint density at radius 1 is 1.20 bits per heavy atom. The van der Waals surface area contributed by atoms with Gasteiger partial charge in [0.05, 0.1) is 5.39 Å². The molecule has 138 valence electrons. The minimum Gasteiger partial charge on any atom is -0.370 e. The van der Waals surface area contributed by atoms with Crippen molar-refractivity contribution in [2.45, 2.75) is 25.4 Å². The normalized spacial score (nSPS) is 12.8. The summed E-state index contributed by atoms with van der Waals surface area (Å²) in [6, 6.07) is -0.554. The molecule has 0 spiro atoms. The molecule has 0 radical (unpaired) electrons. The molecule has 0 amide bonds. The standard InChI is InChI=1S/C12H9F5N2O5S/c1-4(2)19-8-5(10(20)18-11(19)21)3-6(13)7(14)9(8)24-25(22,23)12(15,16)17/h3-4H,1-2H3,(H,18,20,21). The lowest BCUT2D eigenvalue weighted by Crippen LogP contribution is -2.33. The Morgan fingerprint density at radius 2 is 1.76 bits per heavy atom. The van der Waals surface area contributed by atoms with Crippen molar-refractivity contribution in [3.05, 3.63) is 38.5 Å². The third-order valence-corrected chi connectivity index (χ3v) is 4.02. The zero-order valence-corrected chi connectivity index (χ0v) is 13.3. The van der Waals surface area contributed by atoms with Crippen LogP contribution in [-0.4, -0.2) is 23.5 Å². The van der Waals surface area contributed by atoms with E-state index in [1.165, 1.54) is 13.8 Å². The first-order chi connectivity index (χ1) is 11.3. The highest BCUT2D eigenvalue weighted by Gasteiger charge is 2.49. The number of alkyl halides is 3. The van der Waals surface area contributed by atoms with Crippen molar-refractivity contribution < 1.29 is 34.6 Å². The lowest BCUT2D eigenvalue weighted by Gasteiger charge is -2.17. The van der Waals surface area contributed by atoms with Crippen LogP contribution in [0.2, 0.25) is 0 Å². The van der Waals surface area contributed by atoms with Gasteiger partial charge in [0.25, 0.3) is 5.56 Å². The fraction of sp³-hybridized carbons (Fsp3) is 0.333. The van der Waals surface area contributed by atoms with Crippen molar-refractivity contribution in [3.8, 4) is 5.75 Å². The van der Waals surface area contributed by atoms with E-state index in [2.05, 4.69) is 4.18 Å². The number of aromatic nitrogens is 2. The molecule has 7 nitrogen and oxygen atoms in total. The number of H-pyrrole nitrogens is 1. The first-order valence-corrected chi connectivity index (χ1v) is 7.86. The molecule has 1 heterocycles. The number of nitrogens with zero attached hydrogens (tertiary/aromatic N) is 1. The Bertz CT molecular complexity index is 1070. The van der Waals surface area contributed by atoms with Crippen LogP contribution in [0, 0.1) is 11.6 Å². The number of rotatable bonds is 3. The Balaban J connectivity index is 3.04. The van der Waals surface area contributed by atoms with Crippen molar-refractivity contribution in [3.63, 3.8) is 0 Å². The number of aromatic amines is 1. The Hall–Kier alpha value is -2.44. The highest BCUT2D eigenvalue weighted by atomic mass is 32.2. The maximum atomic E-state index is 14.0. The quantitative estimate of drug-likeness (QED) is 0.491. The van der Waals surface area contributed by atoms with E-state index in [-0.39, 0.29) is 0 Å². The van der Waals surface area contributed by atoms with Crippen LogP contribution in [-0.2, 0) is 10.1 Å². The fourth-order valence-electron chi connectivity index (χ4n) is 2.06. The highest BCUT2D eigenvalue weighted by molar-refractivity contribution is 7.88. The molecule has 0 atom stereocenters. The van der Waals surface area contributed by atoms with Crippen LogP contribution in [0.3, 0.4) is 0 Å². The summed E-state index contributed by atoms with van der Waals surface area (Å²) in [5.41, 5.74) is -9.30. The van der Waals surface area contributed by atoms with Crippen molar-refractivity contribution in [2.24, 2.45) is 0 Å². The van der Waals surface area contributed by atoms with Gasteiger partial charge in [-0.25, -0.2) is 9.18 Å². The first kappa shape index (κ1) is 18.9. The van der Waals surface area contributed by atoms with E-state index in [1.807, 2.05) is 0 Å². The largest absolute Gasteiger partial charge is 0.534 e. The Kier molecular flexibility index (Phi) is 4.40. The molecule has 13 heteroatoms. The van der Waals surface area contributed by atoms with Gasteiger partial charge in [0.1, 0.15) is 5.52 Å². The summed E-state index contributed by atoms with van der Waals surface area (Å²) >= 11 is 0. The van der Waals surface area contributed by atoms with Crippen LogP contribution in [0.4, 0.5) is 22.0 Å². The molecule has 1 N–H and O–H groups in total. The molecular weight excluding hydrogens is 379 g/mol. The molecule has 0 bridgehead atoms. The Labute approximate surface area is 135 Å². The van der Waals surface area contributed by atoms with Gasteiger partial charge in [0, 0.05) is 6.04 Å². The molecule has 0 aliphatic carbocycles. The predicted octanol–water partition coefficient (Wildman–Crippen LogP) is 1.78. The fourth-order valence-corrected chi connectivity index (χ4v) is 2.52. The smallest absolute Gasteiger partial charge is 0.370 e. The summed E-state index contributed by atoms with van der Waals surface area (Å²) < 4.78 is 91.8. The first-order valence-electron chi connectivity index (χ1n) is 6.45. The zero-order valence-electron chi connectivity index (χ0n) is 12.4. The lowest BCUT2D eigenvalue weighted by molar-refractivity contribution is -0.0500. The van der Waals surface area contributed by atoms with Crippen molar-refractivity contribution in [1.82, 2.24) is 9.55 Å². The van der Waals surface area contributed by atoms with Gasteiger partial charge in [-0.2, -0.15) is 26.0 Å². The SMILES string of the molecule is CC(C)n1c(=O)[nH]c(=O)c2cc(F)c(F)c(OS(=O)(=O)C(F)(F)F)c21. The molecule has 0 unspecified atom stereocenters. The summed E-state index contributed by atoms with van der Waals surface area (Å²) in [4.78, 5) is 25.4. The van der Waals surface area contributed by atoms with Crippen LogP contribution in [0.25, 0.3) is 10.9 Å². The molecule has 25 heavy (non-hydrogen) atoms. The number of halogens is 5. The van der Waals surface area contributed by atoms with Gasteiger partial charge in [-0.1, -0.05) is 0 Å². The van der Waals surface area contributed by atoms with E-state index < -0.39 is 61.2 Å². The van der Waals surface area contributed by atoms with Crippen LogP contribution >= 0.6 is 0 Å². The third-order valence-electron chi connectivity index (χ3n) is 3.07. The van der Waals surface area contributed by atoms with Gasteiger partial charge in [-0.05, 0) is 19.9 Å². The molecule has 0 saturated heterocycles. The molecule has 2 aromatic rings. The van der Waals surface area contributed by atoms with Gasteiger partial charge in [0.15, 0.2) is 5.82 Å². The second-order valence-electron chi connectivity index (χ2n) is 5.10. The van der Waals surface area contributed by atoms with E-state index >= 15 is 0 Å². The second kappa shape index (κ2) is 5.82. The number of fused-ring (bicyclic) bond motifs is 1. The molecule has 2 rings (SSSR count). The van der Waals surface area contributed by atoms with Gasteiger partial charge < -0.3 is 4.18 Å². The lowest BCUT2D eigenvalue weighted by atomic mass is 10.2. The van der Waals surface area contributed by atoms with E-state index in [9.17, 15) is 40.0 Å². The average Bonchev–Trinajstić information content (AvgIpc) is 2.43. The van der Waals surface area contributed by atoms with Crippen LogP contribution in [0.15, 0.2) is 15.7 Å². The van der Waals surface area contributed by atoms with Crippen LogP contribution < -0.4 is 15.4 Å². The van der Waals surface area contributed by atoms with Crippen molar-refractivity contribution in [1.29, 1.82) is 0 Å². The summed E-state index contributed by atoms with van der Waals surface area (Å²) in [6.45, 7) is 2.67. The van der Waals surface area contributed by atoms with Gasteiger partial charge >= 0.3 is 21.3 Å². The summed E-state index contributed by atoms with van der Waals surface area (Å²) in [5, 5.41) is -0.764. The number of nitrogens with one attached hydrogen (secondary N) is 1. The molecular formula is C12H9F5N2O5S. The minimum absolute atomic E-state index is 0.314. The summed E-state index contributed by atoms with van der Waals surface area (Å²) in [5.74, 6) is -5.66. The maximum Gasteiger partial charge on any atom is 0.534 e. The molecule has 0 aliphatic rings. The topological polar surface area (TPSA) is 98.2 Å². The van der Waals surface area contributed by atoms with Crippen LogP contribution in [0.5, 0.6) is 5.75 Å². The van der Waals surface area contributed by atoms with E-state index in [0.717, 1.165) is 0 Å². The maximum absolute atomic E-state index is 14.0. The van der Waals surface area contributed by atoms with E-state index in [0.29, 0.717) is 10.6 Å². The zero-order chi connectivity index (χ0) is 19.3. The van der Waals surface area contributed by atoms with Crippen molar-refractivity contribution in [2.75, 3.05) is 0 Å². The molecule has 1 aromatic heterocycles. The monoisotopic (exact) mass is 388 g/mol.